The second kappa shape index (κ2) is 4.10. The van der Waals surface area contributed by atoms with Crippen molar-refractivity contribution in [2.75, 3.05) is 0 Å². The number of aliphatic hydroxyl groups excluding tert-OH is 1. The van der Waals surface area contributed by atoms with Gasteiger partial charge in [0.25, 0.3) is 0 Å². The SMILES string of the molecule is CCC[C@H]1CC[C@H](C)C[C@H]1O. The van der Waals surface area contributed by atoms with Gasteiger partial charge in [0, 0.05) is 0 Å². The molecule has 66 valence electrons. The third kappa shape index (κ3) is 2.48. The van der Waals surface area contributed by atoms with Crippen LogP contribution in [-0.4, -0.2) is 11.2 Å². The lowest BCUT2D eigenvalue weighted by Gasteiger charge is -2.31. The van der Waals surface area contributed by atoms with Crippen LogP contribution in [0.15, 0.2) is 0 Å². The van der Waals surface area contributed by atoms with Gasteiger partial charge in [-0.05, 0) is 31.1 Å². The van der Waals surface area contributed by atoms with Gasteiger partial charge in [-0.1, -0.05) is 26.7 Å². The predicted octanol–water partition coefficient (Wildman–Crippen LogP) is 2.58. The Morgan fingerprint density at radius 3 is 2.64 bits per heavy atom. The zero-order valence-corrected chi connectivity index (χ0v) is 7.71. The molecule has 11 heavy (non-hydrogen) atoms. The first-order valence-electron chi connectivity index (χ1n) is 4.92. The van der Waals surface area contributed by atoms with E-state index in [0.29, 0.717) is 5.92 Å². The molecule has 0 saturated heterocycles. The van der Waals surface area contributed by atoms with E-state index in [1.165, 1.54) is 25.7 Å². The standard InChI is InChI=1S/C10H20O/c1-3-4-9-6-5-8(2)7-10(9)11/h8-11H,3-7H2,1-2H3/t8-,9-,10+/m0/s1. The van der Waals surface area contributed by atoms with E-state index in [1.54, 1.807) is 0 Å². The van der Waals surface area contributed by atoms with Gasteiger partial charge < -0.3 is 5.11 Å². The highest BCUT2D eigenvalue weighted by Gasteiger charge is 2.25. The van der Waals surface area contributed by atoms with Gasteiger partial charge in [-0.2, -0.15) is 0 Å². The Balaban J connectivity index is 2.31. The molecule has 0 heterocycles. The minimum atomic E-state index is -0.00120. The summed E-state index contributed by atoms with van der Waals surface area (Å²) < 4.78 is 0. The van der Waals surface area contributed by atoms with Crippen LogP contribution in [0.4, 0.5) is 0 Å². The third-order valence-electron chi connectivity index (χ3n) is 2.88. The van der Waals surface area contributed by atoms with Crippen molar-refractivity contribution in [1.82, 2.24) is 0 Å². The van der Waals surface area contributed by atoms with Gasteiger partial charge >= 0.3 is 0 Å². The van der Waals surface area contributed by atoms with Gasteiger partial charge in [-0.15, -0.1) is 0 Å². The summed E-state index contributed by atoms with van der Waals surface area (Å²) in [6, 6.07) is 0. The second-order valence-corrected chi connectivity index (χ2v) is 4.03. The van der Waals surface area contributed by atoms with E-state index in [0.717, 1.165) is 12.3 Å². The van der Waals surface area contributed by atoms with Crippen molar-refractivity contribution in [2.24, 2.45) is 11.8 Å². The van der Waals surface area contributed by atoms with Crippen molar-refractivity contribution in [3.63, 3.8) is 0 Å². The van der Waals surface area contributed by atoms with Crippen LogP contribution < -0.4 is 0 Å². The van der Waals surface area contributed by atoms with E-state index in [4.69, 9.17) is 0 Å². The summed E-state index contributed by atoms with van der Waals surface area (Å²) >= 11 is 0. The summed E-state index contributed by atoms with van der Waals surface area (Å²) in [5.41, 5.74) is 0. The molecule has 1 aliphatic rings. The fraction of sp³-hybridized carbons (Fsp3) is 1.00. The van der Waals surface area contributed by atoms with Crippen LogP contribution in [0, 0.1) is 11.8 Å². The van der Waals surface area contributed by atoms with Crippen molar-refractivity contribution in [3.8, 4) is 0 Å². The molecule has 1 aliphatic carbocycles. The minimum Gasteiger partial charge on any atom is -0.393 e. The highest BCUT2D eigenvalue weighted by Crippen LogP contribution is 2.31. The van der Waals surface area contributed by atoms with E-state index in [1.807, 2.05) is 0 Å². The molecule has 1 nitrogen and oxygen atoms in total. The van der Waals surface area contributed by atoms with Gasteiger partial charge in [0.15, 0.2) is 0 Å². The molecule has 0 bridgehead atoms. The normalized spacial score (nSPS) is 39.0. The minimum absolute atomic E-state index is 0.00120. The molecule has 1 rings (SSSR count). The van der Waals surface area contributed by atoms with E-state index in [2.05, 4.69) is 13.8 Å². The zero-order valence-electron chi connectivity index (χ0n) is 7.71. The topological polar surface area (TPSA) is 20.2 Å². The highest BCUT2D eigenvalue weighted by molar-refractivity contribution is 4.77. The van der Waals surface area contributed by atoms with Crippen LogP contribution in [-0.2, 0) is 0 Å². The number of aliphatic hydroxyl groups is 1. The van der Waals surface area contributed by atoms with Crippen molar-refractivity contribution >= 4 is 0 Å². The lowest BCUT2D eigenvalue weighted by atomic mass is 9.79. The molecule has 1 N–H and O–H groups in total. The fourth-order valence-electron chi connectivity index (χ4n) is 2.12. The van der Waals surface area contributed by atoms with Crippen LogP contribution in [0.2, 0.25) is 0 Å². The Kier molecular flexibility index (Phi) is 3.38. The molecule has 1 saturated carbocycles. The number of hydrogen-bond donors (Lipinski definition) is 1. The smallest absolute Gasteiger partial charge is 0.0570 e. The van der Waals surface area contributed by atoms with Gasteiger partial charge in [0.1, 0.15) is 0 Å². The second-order valence-electron chi connectivity index (χ2n) is 4.03. The van der Waals surface area contributed by atoms with Gasteiger partial charge in [0.2, 0.25) is 0 Å². The first kappa shape index (κ1) is 9.05. The molecular formula is C10H20O. The molecule has 1 heteroatoms. The van der Waals surface area contributed by atoms with Crippen molar-refractivity contribution < 1.29 is 5.11 Å². The average Bonchev–Trinajstić information content (AvgIpc) is 1.95. The van der Waals surface area contributed by atoms with Crippen LogP contribution in [0.5, 0.6) is 0 Å². The average molecular weight is 156 g/mol. The molecular weight excluding hydrogens is 136 g/mol. The zero-order chi connectivity index (χ0) is 8.27. The predicted molar refractivity (Wildman–Crippen MR) is 47.4 cm³/mol. The number of hydrogen-bond acceptors (Lipinski definition) is 1. The largest absolute Gasteiger partial charge is 0.393 e. The summed E-state index contributed by atoms with van der Waals surface area (Å²) in [7, 11) is 0. The van der Waals surface area contributed by atoms with E-state index < -0.39 is 0 Å². The quantitative estimate of drug-likeness (QED) is 0.651. The summed E-state index contributed by atoms with van der Waals surface area (Å²) in [5, 5.41) is 9.67. The Hall–Kier alpha value is -0.0400. The van der Waals surface area contributed by atoms with E-state index in [9.17, 15) is 5.11 Å². The van der Waals surface area contributed by atoms with Crippen LogP contribution >= 0.6 is 0 Å². The first-order chi connectivity index (χ1) is 5.24. The summed E-state index contributed by atoms with van der Waals surface area (Å²) in [6.45, 7) is 4.44. The summed E-state index contributed by atoms with van der Waals surface area (Å²) in [4.78, 5) is 0. The highest BCUT2D eigenvalue weighted by atomic mass is 16.3. The van der Waals surface area contributed by atoms with Crippen LogP contribution in [0.1, 0.15) is 46.0 Å². The van der Waals surface area contributed by atoms with Crippen molar-refractivity contribution in [3.05, 3.63) is 0 Å². The van der Waals surface area contributed by atoms with Gasteiger partial charge in [-0.3, -0.25) is 0 Å². The summed E-state index contributed by atoms with van der Waals surface area (Å²) in [6.07, 6.45) is 6.03. The first-order valence-corrected chi connectivity index (χ1v) is 4.92. The van der Waals surface area contributed by atoms with Crippen LogP contribution in [0.25, 0.3) is 0 Å². The van der Waals surface area contributed by atoms with E-state index in [-0.39, 0.29) is 6.10 Å². The Morgan fingerprint density at radius 1 is 1.36 bits per heavy atom. The summed E-state index contributed by atoms with van der Waals surface area (Å²) in [5.74, 6) is 1.36. The molecule has 0 unspecified atom stereocenters. The van der Waals surface area contributed by atoms with Gasteiger partial charge in [0.05, 0.1) is 6.10 Å². The maximum Gasteiger partial charge on any atom is 0.0570 e. The van der Waals surface area contributed by atoms with Crippen LogP contribution in [0.3, 0.4) is 0 Å². The molecule has 0 aliphatic heterocycles. The van der Waals surface area contributed by atoms with Crippen molar-refractivity contribution in [2.45, 2.75) is 52.1 Å². The third-order valence-corrected chi connectivity index (χ3v) is 2.88. The maximum atomic E-state index is 9.67. The Morgan fingerprint density at radius 2 is 2.09 bits per heavy atom. The van der Waals surface area contributed by atoms with Gasteiger partial charge in [-0.25, -0.2) is 0 Å². The molecule has 3 atom stereocenters. The lowest BCUT2D eigenvalue weighted by molar-refractivity contribution is 0.0444. The monoisotopic (exact) mass is 156 g/mol. The molecule has 0 aromatic rings. The lowest BCUT2D eigenvalue weighted by Crippen LogP contribution is -2.28. The Labute approximate surface area is 69.8 Å². The van der Waals surface area contributed by atoms with E-state index >= 15 is 0 Å². The maximum absolute atomic E-state index is 9.67. The molecule has 0 radical (unpaired) electrons. The molecule has 0 spiro atoms. The molecule has 0 amide bonds. The van der Waals surface area contributed by atoms with Crippen molar-refractivity contribution in [1.29, 1.82) is 0 Å². The molecule has 0 aromatic heterocycles. The molecule has 1 fully saturated rings. The molecule has 0 aromatic carbocycles. The fourth-order valence-corrected chi connectivity index (χ4v) is 2.12. The Bertz CT molecular complexity index is 111. The number of rotatable bonds is 2.